The number of hydrogen-bond acceptors (Lipinski definition) is 4. The van der Waals surface area contributed by atoms with Crippen LogP contribution >= 0.6 is 11.3 Å². The lowest BCUT2D eigenvalue weighted by Crippen LogP contribution is -2.52. The largest absolute Gasteiger partial charge is 0.357 e. The second-order valence-electron chi connectivity index (χ2n) is 7.63. The highest BCUT2D eigenvalue weighted by atomic mass is 32.1. The molecule has 1 saturated heterocycles. The fraction of sp³-hybridized carbons (Fsp3) is 0.737. The van der Waals surface area contributed by atoms with Crippen LogP contribution in [-0.2, 0) is 5.41 Å². The van der Waals surface area contributed by atoms with E-state index in [1.165, 1.54) is 4.88 Å². The van der Waals surface area contributed by atoms with E-state index in [9.17, 15) is 0 Å². The minimum Gasteiger partial charge on any atom is -0.357 e. The first-order chi connectivity index (χ1) is 11.9. The maximum absolute atomic E-state index is 4.84. The van der Waals surface area contributed by atoms with Crippen LogP contribution in [0.15, 0.2) is 22.5 Å². The van der Waals surface area contributed by atoms with Gasteiger partial charge in [-0.3, -0.25) is 9.89 Å². The third kappa shape index (κ3) is 6.28. The Hall–Kier alpha value is -1.11. The number of guanidine groups is 1. The van der Waals surface area contributed by atoms with Gasteiger partial charge in [0.05, 0.1) is 6.54 Å². The minimum atomic E-state index is 0.0690. The summed E-state index contributed by atoms with van der Waals surface area (Å²) in [5, 5.41) is 9.06. The molecule has 2 heterocycles. The van der Waals surface area contributed by atoms with Gasteiger partial charge in [0.2, 0.25) is 0 Å². The van der Waals surface area contributed by atoms with Crippen molar-refractivity contribution < 1.29 is 0 Å². The van der Waals surface area contributed by atoms with E-state index in [2.05, 4.69) is 72.7 Å². The van der Waals surface area contributed by atoms with Gasteiger partial charge in [-0.1, -0.05) is 19.9 Å². The van der Waals surface area contributed by atoms with Crippen LogP contribution in [0.1, 0.15) is 32.6 Å². The zero-order valence-electron chi connectivity index (χ0n) is 16.5. The van der Waals surface area contributed by atoms with Crippen molar-refractivity contribution in [2.24, 2.45) is 4.99 Å². The molecule has 2 N–H and O–H groups in total. The maximum Gasteiger partial charge on any atom is 0.191 e. The molecule has 2 rings (SSSR count). The molecule has 1 aromatic rings. The molecule has 1 aliphatic rings. The van der Waals surface area contributed by atoms with Crippen LogP contribution in [0.5, 0.6) is 0 Å². The quantitative estimate of drug-likeness (QED) is 0.574. The van der Waals surface area contributed by atoms with Gasteiger partial charge in [-0.25, -0.2) is 0 Å². The molecule has 1 atom stereocenters. The van der Waals surface area contributed by atoms with E-state index >= 15 is 0 Å². The van der Waals surface area contributed by atoms with E-state index in [0.717, 1.165) is 51.8 Å². The Morgan fingerprint density at radius 3 is 2.60 bits per heavy atom. The lowest BCUT2D eigenvalue weighted by atomic mass is 9.92. The molecular formula is C19H35N5S. The molecule has 0 bridgehead atoms. The van der Waals surface area contributed by atoms with Gasteiger partial charge in [-0.05, 0) is 32.3 Å². The molecular weight excluding hydrogens is 330 g/mol. The fourth-order valence-electron chi connectivity index (χ4n) is 3.00. The van der Waals surface area contributed by atoms with Crippen molar-refractivity contribution in [2.75, 3.05) is 52.9 Å². The van der Waals surface area contributed by atoms with Crippen LogP contribution in [-0.4, -0.2) is 74.7 Å². The molecule has 0 amide bonds. The Kier molecular flexibility index (Phi) is 7.72. The van der Waals surface area contributed by atoms with Crippen molar-refractivity contribution in [1.29, 1.82) is 0 Å². The maximum atomic E-state index is 4.84. The fourth-order valence-corrected chi connectivity index (χ4v) is 3.84. The second kappa shape index (κ2) is 9.55. The highest BCUT2D eigenvalue weighted by molar-refractivity contribution is 7.10. The predicted octanol–water partition coefficient (Wildman–Crippen LogP) is 2.22. The van der Waals surface area contributed by atoms with Crippen molar-refractivity contribution in [3.8, 4) is 0 Å². The third-order valence-electron chi connectivity index (χ3n) is 4.89. The number of hydrogen-bond donors (Lipinski definition) is 2. The molecule has 0 radical (unpaired) electrons. The SMILES string of the molecule is CCNC(=NCC(C)(C)c1cccs1)NCC(C)N1CCN(C)CC1. The number of thiophene rings is 1. The summed E-state index contributed by atoms with van der Waals surface area (Å²) in [6.07, 6.45) is 0. The van der Waals surface area contributed by atoms with Crippen LogP contribution < -0.4 is 10.6 Å². The standard InChI is InChI=1S/C19H35N5S/c1-6-20-18(22-15-19(3,4)17-8-7-13-25-17)21-14-16(2)24-11-9-23(5)10-12-24/h7-8,13,16H,6,9-12,14-15H2,1-5H3,(H2,20,21,22). The summed E-state index contributed by atoms with van der Waals surface area (Å²) < 4.78 is 0. The molecule has 1 aromatic heterocycles. The van der Waals surface area contributed by atoms with Gasteiger partial charge in [0.1, 0.15) is 0 Å². The highest BCUT2D eigenvalue weighted by Crippen LogP contribution is 2.27. The zero-order chi connectivity index (χ0) is 18.3. The van der Waals surface area contributed by atoms with Crippen LogP contribution in [0.4, 0.5) is 0 Å². The summed E-state index contributed by atoms with van der Waals surface area (Å²) in [7, 11) is 2.20. The van der Waals surface area contributed by atoms with Gasteiger partial charge in [-0.2, -0.15) is 0 Å². The van der Waals surface area contributed by atoms with Gasteiger partial charge in [0, 0.05) is 55.6 Å². The van der Waals surface area contributed by atoms with Crippen molar-refractivity contribution in [3.05, 3.63) is 22.4 Å². The summed E-state index contributed by atoms with van der Waals surface area (Å²) in [5.74, 6) is 0.924. The summed E-state index contributed by atoms with van der Waals surface area (Å²) >= 11 is 1.81. The Bertz CT molecular complexity index is 518. The topological polar surface area (TPSA) is 42.9 Å². The van der Waals surface area contributed by atoms with Crippen molar-refractivity contribution in [3.63, 3.8) is 0 Å². The smallest absolute Gasteiger partial charge is 0.191 e. The van der Waals surface area contributed by atoms with E-state index in [0.29, 0.717) is 6.04 Å². The Balaban J connectivity index is 1.87. The Labute approximate surface area is 157 Å². The average Bonchev–Trinajstić information content (AvgIpc) is 3.13. The Morgan fingerprint density at radius 2 is 2.00 bits per heavy atom. The van der Waals surface area contributed by atoms with E-state index in [4.69, 9.17) is 4.99 Å². The summed E-state index contributed by atoms with van der Waals surface area (Å²) in [4.78, 5) is 11.2. The molecule has 142 valence electrons. The number of rotatable bonds is 7. The summed E-state index contributed by atoms with van der Waals surface area (Å²) in [6, 6.07) is 4.84. The lowest BCUT2D eigenvalue weighted by molar-refractivity contribution is 0.120. The lowest BCUT2D eigenvalue weighted by Gasteiger charge is -2.36. The van der Waals surface area contributed by atoms with Gasteiger partial charge in [0.25, 0.3) is 0 Å². The molecule has 25 heavy (non-hydrogen) atoms. The number of likely N-dealkylation sites (N-methyl/N-ethyl adjacent to an activating group) is 1. The first-order valence-corrected chi connectivity index (χ1v) is 10.3. The summed E-state index contributed by atoms with van der Waals surface area (Å²) in [6.45, 7) is 16.2. The molecule has 1 fully saturated rings. The molecule has 0 saturated carbocycles. The molecule has 0 aliphatic carbocycles. The molecule has 0 aromatic carbocycles. The van der Waals surface area contributed by atoms with E-state index in [-0.39, 0.29) is 5.41 Å². The third-order valence-corrected chi connectivity index (χ3v) is 6.13. The average molecular weight is 366 g/mol. The van der Waals surface area contributed by atoms with E-state index < -0.39 is 0 Å². The minimum absolute atomic E-state index is 0.0690. The molecule has 5 nitrogen and oxygen atoms in total. The van der Waals surface area contributed by atoms with Crippen molar-refractivity contribution in [2.45, 2.75) is 39.2 Å². The monoisotopic (exact) mass is 365 g/mol. The van der Waals surface area contributed by atoms with Crippen molar-refractivity contribution >= 4 is 17.3 Å². The number of aliphatic imine (C=N–C) groups is 1. The van der Waals surface area contributed by atoms with Gasteiger partial charge in [0.15, 0.2) is 5.96 Å². The second-order valence-corrected chi connectivity index (χ2v) is 8.57. The first-order valence-electron chi connectivity index (χ1n) is 9.41. The Morgan fingerprint density at radius 1 is 1.28 bits per heavy atom. The molecule has 0 spiro atoms. The molecule has 6 heteroatoms. The van der Waals surface area contributed by atoms with Gasteiger partial charge in [-0.15, -0.1) is 11.3 Å². The number of nitrogens with zero attached hydrogens (tertiary/aromatic N) is 3. The van der Waals surface area contributed by atoms with Gasteiger partial charge >= 0.3 is 0 Å². The van der Waals surface area contributed by atoms with Crippen molar-refractivity contribution in [1.82, 2.24) is 20.4 Å². The summed E-state index contributed by atoms with van der Waals surface area (Å²) in [5.41, 5.74) is 0.0690. The van der Waals surface area contributed by atoms with Crippen LogP contribution in [0.25, 0.3) is 0 Å². The van der Waals surface area contributed by atoms with Crippen LogP contribution in [0, 0.1) is 0 Å². The highest BCUT2D eigenvalue weighted by Gasteiger charge is 2.22. The number of piperazine rings is 1. The van der Waals surface area contributed by atoms with Crippen LogP contribution in [0.3, 0.4) is 0 Å². The zero-order valence-corrected chi connectivity index (χ0v) is 17.3. The predicted molar refractivity (Wildman–Crippen MR) is 110 cm³/mol. The van der Waals surface area contributed by atoms with Crippen LogP contribution in [0.2, 0.25) is 0 Å². The first kappa shape index (κ1) is 20.2. The number of nitrogens with one attached hydrogen (secondary N) is 2. The van der Waals surface area contributed by atoms with E-state index in [1.807, 2.05) is 11.3 Å². The van der Waals surface area contributed by atoms with E-state index in [1.54, 1.807) is 0 Å². The molecule has 1 unspecified atom stereocenters. The van der Waals surface area contributed by atoms with Gasteiger partial charge < -0.3 is 15.5 Å². The normalized spacial score (nSPS) is 19.0. The molecule has 1 aliphatic heterocycles.